The molecule has 3 fully saturated rings. The highest BCUT2D eigenvalue weighted by Gasteiger charge is 2.58. The van der Waals surface area contributed by atoms with Gasteiger partial charge in [0.15, 0.2) is 5.79 Å². The number of hydrogen-bond acceptors (Lipinski definition) is 6. The topological polar surface area (TPSA) is 74.3 Å². The van der Waals surface area contributed by atoms with E-state index in [-0.39, 0.29) is 18.0 Å². The summed E-state index contributed by atoms with van der Waals surface area (Å²) in [4.78, 5) is 26.8. The van der Waals surface area contributed by atoms with Crippen LogP contribution in [0.5, 0.6) is 0 Å². The summed E-state index contributed by atoms with van der Waals surface area (Å²) >= 11 is 0. The first kappa shape index (κ1) is 18.5. The number of rotatable bonds is 1. The Hall–Kier alpha value is -1.34. The number of likely N-dealkylation sites (tertiary alicyclic amines) is 1. The van der Waals surface area contributed by atoms with Crippen LogP contribution in [0.1, 0.15) is 46.5 Å². The van der Waals surface area contributed by atoms with E-state index in [9.17, 15) is 9.59 Å². The summed E-state index contributed by atoms with van der Waals surface area (Å²) in [7, 11) is 1.41. The average molecular weight is 355 g/mol. The van der Waals surface area contributed by atoms with Crippen molar-refractivity contribution >= 4 is 12.1 Å². The molecule has 1 saturated carbocycles. The van der Waals surface area contributed by atoms with Crippen molar-refractivity contribution in [2.24, 2.45) is 11.3 Å². The second kappa shape index (κ2) is 6.43. The van der Waals surface area contributed by atoms with Crippen molar-refractivity contribution in [2.45, 2.75) is 57.8 Å². The zero-order valence-electron chi connectivity index (χ0n) is 15.6. The van der Waals surface area contributed by atoms with Crippen molar-refractivity contribution in [3.8, 4) is 0 Å². The summed E-state index contributed by atoms with van der Waals surface area (Å²) in [5.74, 6) is -0.736. The van der Waals surface area contributed by atoms with Crippen LogP contribution in [0.4, 0.5) is 4.79 Å². The molecule has 2 aliphatic heterocycles. The van der Waals surface area contributed by atoms with Gasteiger partial charge in [-0.2, -0.15) is 0 Å². The lowest BCUT2D eigenvalue weighted by molar-refractivity contribution is -0.220. The molecule has 1 amide bonds. The molecule has 0 N–H and O–H groups in total. The quantitative estimate of drug-likeness (QED) is 0.672. The zero-order chi connectivity index (χ0) is 18.3. The van der Waals surface area contributed by atoms with E-state index < -0.39 is 16.8 Å². The van der Waals surface area contributed by atoms with E-state index in [0.29, 0.717) is 52.0 Å². The van der Waals surface area contributed by atoms with Gasteiger partial charge in [-0.3, -0.25) is 4.79 Å². The normalized spacial score (nSPS) is 31.5. The molecule has 0 aromatic rings. The highest BCUT2D eigenvalue weighted by molar-refractivity contribution is 5.79. The number of piperidine rings is 1. The maximum absolute atomic E-state index is 12.7. The van der Waals surface area contributed by atoms with Gasteiger partial charge in [-0.1, -0.05) is 0 Å². The van der Waals surface area contributed by atoms with Crippen LogP contribution in [0, 0.1) is 11.3 Å². The third-order valence-corrected chi connectivity index (χ3v) is 5.57. The van der Waals surface area contributed by atoms with Gasteiger partial charge in [0, 0.05) is 25.9 Å². The molecule has 0 unspecified atom stereocenters. The molecule has 2 atom stereocenters. The van der Waals surface area contributed by atoms with Gasteiger partial charge in [-0.05, 0) is 39.5 Å². The first-order valence-electron chi connectivity index (χ1n) is 9.04. The summed E-state index contributed by atoms with van der Waals surface area (Å²) < 4.78 is 22.3. The summed E-state index contributed by atoms with van der Waals surface area (Å²) in [6.07, 6.45) is 2.24. The molecule has 0 aromatic carbocycles. The lowest BCUT2D eigenvalue weighted by Gasteiger charge is -2.52. The number of amides is 1. The monoisotopic (exact) mass is 355 g/mol. The number of nitrogens with zero attached hydrogens (tertiary/aromatic N) is 1. The van der Waals surface area contributed by atoms with Crippen LogP contribution in [0.15, 0.2) is 0 Å². The van der Waals surface area contributed by atoms with Crippen LogP contribution in [-0.4, -0.2) is 61.8 Å². The van der Waals surface area contributed by atoms with Gasteiger partial charge in [-0.25, -0.2) is 4.79 Å². The minimum Gasteiger partial charge on any atom is -0.469 e. The van der Waals surface area contributed by atoms with Crippen molar-refractivity contribution in [1.82, 2.24) is 4.90 Å². The van der Waals surface area contributed by atoms with Gasteiger partial charge in [0.1, 0.15) is 5.60 Å². The maximum Gasteiger partial charge on any atom is 0.410 e. The second-order valence-corrected chi connectivity index (χ2v) is 8.35. The molecule has 1 aliphatic carbocycles. The van der Waals surface area contributed by atoms with E-state index in [1.165, 1.54) is 7.11 Å². The zero-order valence-corrected chi connectivity index (χ0v) is 15.6. The lowest BCUT2D eigenvalue weighted by Crippen LogP contribution is -2.60. The summed E-state index contributed by atoms with van der Waals surface area (Å²) in [6.45, 7) is 7.61. The molecule has 25 heavy (non-hydrogen) atoms. The molecule has 7 nitrogen and oxygen atoms in total. The predicted octanol–water partition coefficient (Wildman–Crippen LogP) is 2.33. The molecule has 0 aromatic heterocycles. The van der Waals surface area contributed by atoms with Crippen molar-refractivity contribution in [3.63, 3.8) is 0 Å². The highest BCUT2D eigenvalue weighted by Crippen LogP contribution is 2.52. The third kappa shape index (κ3) is 3.49. The summed E-state index contributed by atoms with van der Waals surface area (Å²) in [5.41, 5.74) is -1.26. The van der Waals surface area contributed by atoms with Crippen molar-refractivity contribution < 1.29 is 28.5 Å². The number of ether oxygens (including phenoxy) is 4. The van der Waals surface area contributed by atoms with Crippen molar-refractivity contribution in [1.29, 1.82) is 0 Å². The van der Waals surface area contributed by atoms with Crippen molar-refractivity contribution in [3.05, 3.63) is 0 Å². The minimum atomic E-state index is -0.704. The standard InChI is InChI=1S/C18H29NO6/c1-16(2,3)25-15(21)19-8-5-13-11-18(23-9-10-24-18)7-6-17(13,12-19)14(20)22-4/h13H,5-12H2,1-4H3/t13-,17-/m0/s1. The lowest BCUT2D eigenvalue weighted by atomic mass is 9.61. The van der Waals surface area contributed by atoms with Crippen LogP contribution in [0.2, 0.25) is 0 Å². The Morgan fingerprint density at radius 3 is 2.44 bits per heavy atom. The third-order valence-electron chi connectivity index (χ3n) is 5.57. The Labute approximate surface area is 148 Å². The summed E-state index contributed by atoms with van der Waals surface area (Å²) in [5, 5.41) is 0. The Balaban J connectivity index is 1.79. The van der Waals surface area contributed by atoms with E-state index >= 15 is 0 Å². The average Bonchev–Trinajstić information content (AvgIpc) is 3.00. The molecule has 142 valence electrons. The van der Waals surface area contributed by atoms with E-state index in [0.717, 1.165) is 0 Å². The van der Waals surface area contributed by atoms with E-state index in [1.54, 1.807) is 4.90 Å². The second-order valence-electron chi connectivity index (χ2n) is 8.35. The molecule has 2 heterocycles. The Morgan fingerprint density at radius 2 is 1.84 bits per heavy atom. The van der Waals surface area contributed by atoms with Crippen LogP contribution in [-0.2, 0) is 23.7 Å². The fourth-order valence-electron chi connectivity index (χ4n) is 4.39. The van der Waals surface area contributed by atoms with Gasteiger partial charge in [0.2, 0.25) is 0 Å². The van der Waals surface area contributed by atoms with Gasteiger partial charge in [-0.15, -0.1) is 0 Å². The smallest absolute Gasteiger partial charge is 0.410 e. The molecule has 7 heteroatoms. The van der Waals surface area contributed by atoms with Gasteiger partial charge >= 0.3 is 12.1 Å². The Bertz CT molecular complexity index is 536. The van der Waals surface area contributed by atoms with Crippen LogP contribution >= 0.6 is 0 Å². The van der Waals surface area contributed by atoms with E-state index in [4.69, 9.17) is 18.9 Å². The van der Waals surface area contributed by atoms with Gasteiger partial charge < -0.3 is 23.8 Å². The molecular formula is C18H29NO6. The fourth-order valence-corrected chi connectivity index (χ4v) is 4.39. The number of methoxy groups -OCH3 is 1. The number of hydrogen-bond donors (Lipinski definition) is 0. The number of fused-ring (bicyclic) bond motifs is 1. The maximum atomic E-state index is 12.7. The highest BCUT2D eigenvalue weighted by atomic mass is 16.7. The predicted molar refractivity (Wildman–Crippen MR) is 88.8 cm³/mol. The Kier molecular flexibility index (Phi) is 4.75. The first-order valence-corrected chi connectivity index (χ1v) is 9.04. The molecule has 1 spiro atoms. The van der Waals surface area contributed by atoms with Crippen LogP contribution < -0.4 is 0 Å². The first-order chi connectivity index (χ1) is 11.7. The number of carbonyl (C=O) groups excluding carboxylic acids is 2. The van der Waals surface area contributed by atoms with Crippen LogP contribution in [0.25, 0.3) is 0 Å². The molecule has 3 aliphatic rings. The molecule has 0 bridgehead atoms. The van der Waals surface area contributed by atoms with Gasteiger partial charge in [0.25, 0.3) is 0 Å². The van der Waals surface area contributed by atoms with Crippen LogP contribution in [0.3, 0.4) is 0 Å². The van der Waals surface area contributed by atoms with E-state index in [1.807, 2.05) is 20.8 Å². The minimum absolute atomic E-state index is 0.0745. The fraction of sp³-hybridized carbons (Fsp3) is 0.889. The molecule has 0 radical (unpaired) electrons. The largest absolute Gasteiger partial charge is 0.469 e. The summed E-state index contributed by atoms with van der Waals surface area (Å²) in [6, 6.07) is 0. The number of carbonyl (C=O) groups is 2. The Morgan fingerprint density at radius 1 is 1.16 bits per heavy atom. The SMILES string of the molecule is COC(=O)[C@]12CCC3(C[C@@H]1CCN(C(=O)OC(C)(C)C)C2)OCCO3. The molecular weight excluding hydrogens is 326 g/mol. The van der Waals surface area contributed by atoms with E-state index in [2.05, 4.69) is 0 Å². The van der Waals surface area contributed by atoms with Crippen molar-refractivity contribution in [2.75, 3.05) is 33.4 Å². The number of esters is 1. The molecule has 3 rings (SSSR count). The van der Waals surface area contributed by atoms with Gasteiger partial charge in [0.05, 0.1) is 25.7 Å². The molecule has 2 saturated heterocycles.